The average molecular weight is 473 g/mol. The Morgan fingerprint density at radius 1 is 1.20 bits per heavy atom. The molecule has 0 atom stereocenters. The molecule has 0 aliphatic rings. The van der Waals surface area contributed by atoms with E-state index in [2.05, 4.69) is 4.98 Å². The smallest absolute Gasteiger partial charge is 0.330 e. The van der Waals surface area contributed by atoms with Gasteiger partial charge in [-0.2, -0.15) is 0 Å². The summed E-state index contributed by atoms with van der Waals surface area (Å²) < 4.78 is 1.29. The van der Waals surface area contributed by atoms with Gasteiger partial charge in [0.15, 0.2) is 5.69 Å². The van der Waals surface area contributed by atoms with Gasteiger partial charge in [0.2, 0.25) is 5.91 Å². The van der Waals surface area contributed by atoms with Gasteiger partial charge < -0.3 is 10.6 Å². The molecule has 0 radical (unpaired) electrons. The van der Waals surface area contributed by atoms with E-state index in [1.54, 1.807) is 18.2 Å². The molecule has 3 N–H and O–H groups in total. The zero-order valence-corrected chi connectivity index (χ0v) is 19.4. The van der Waals surface area contributed by atoms with E-state index >= 15 is 0 Å². The quantitative estimate of drug-likeness (QED) is 0.545. The third-order valence-corrected chi connectivity index (χ3v) is 6.15. The number of nitrogens with two attached hydrogens (primary N) is 1. The molecule has 0 fully saturated rings. The molecule has 1 amide bonds. The fourth-order valence-electron chi connectivity index (χ4n) is 2.95. The van der Waals surface area contributed by atoms with Crippen LogP contribution >= 0.6 is 35.0 Å². The first-order valence-corrected chi connectivity index (χ1v) is 11.7. The summed E-state index contributed by atoms with van der Waals surface area (Å²) in [5, 5.41) is 1.08. The lowest BCUT2D eigenvalue weighted by molar-refractivity contribution is -0.116. The number of nitrogen functional groups attached to an aromatic ring is 1. The SMILES string of the molecule is CCCCN(C(=O)CSCc1c(Cl)cccc1Cl)c1c(N)n(CCC)c(=O)[nH]c1=O. The number of aromatic nitrogens is 2. The molecule has 2 aromatic rings. The van der Waals surface area contributed by atoms with Crippen molar-refractivity contribution in [1.82, 2.24) is 9.55 Å². The minimum Gasteiger partial charge on any atom is -0.383 e. The number of nitrogens with one attached hydrogen (secondary N) is 1. The molecule has 0 unspecified atom stereocenters. The van der Waals surface area contributed by atoms with Gasteiger partial charge in [-0.05, 0) is 30.5 Å². The summed E-state index contributed by atoms with van der Waals surface area (Å²) in [4.78, 5) is 41.3. The van der Waals surface area contributed by atoms with Gasteiger partial charge in [0.25, 0.3) is 5.56 Å². The summed E-state index contributed by atoms with van der Waals surface area (Å²) in [6, 6.07) is 5.25. The van der Waals surface area contributed by atoms with E-state index in [4.69, 9.17) is 28.9 Å². The Balaban J connectivity index is 2.27. The molecule has 10 heteroatoms. The monoisotopic (exact) mass is 472 g/mol. The van der Waals surface area contributed by atoms with E-state index in [9.17, 15) is 14.4 Å². The number of carbonyl (C=O) groups excluding carboxylic acids is 1. The van der Waals surface area contributed by atoms with Gasteiger partial charge in [0, 0.05) is 28.9 Å². The van der Waals surface area contributed by atoms with E-state index < -0.39 is 11.2 Å². The van der Waals surface area contributed by atoms with Crippen molar-refractivity contribution in [2.75, 3.05) is 22.9 Å². The molecule has 0 bridgehead atoms. The Kier molecular flexibility index (Phi) is 9.33. The lowest BCUT2D eigenvalue weighted by Crippen LogP contribution is -2.42. The van der Waals surface area contributed by atoms with E-state index in [1.165, 1.54) is 21.2 Å². The van der Waals surface area contributed by atoms with Gasteiger partial charge in [-0.3, -0.25) is 19.1 Å². The number of benzene rings is 1. The normalized spacial score (nSPS) is 10.9. The van der Waals surface area contributed by atoms with E-state index in [-0.39, 0.29) is 23.2 Å². The first kappa shape index (κ1) is 24.4. The molecule has 2 rings (SSSR count). The summed E-state index contributed by atoms with van der Waals surface area (Å²) in [6.45, 7) is 4.57. The fraction of sp³-hybridized carbons (Fsp3) is 0.450. The van der Waals surface area contributed by atoms with Crippen LogP contribution in [0.3, 0.4) is 0 Å². The third-order valence-electron chi connectivity index (χ3n) is 4.50. The number of H-pyrrole nitrogens is 1. The lowest BCUT2D eigenvalue weighted by Gasteiger charge is -2.24. The molecule has 7 nitrogen and oxygen atoms in total. The van der Waals surface area contributed by atoms with Crippen molar-refractivity contribution < 1.29 is 4.79 Å². The van der Waals surface area contributed by atoms with Gasteiger partial charge in [-0.1, -0.05) is 49.5 Å². The summed E-state index contributed by atoms with van der Waals surface area (Å²) in [6.07, 6.45) is 2.18. The van der Waals surface area contributed by atoms with Crippen molar-refractivity contribution in [3.05, 3.63) is 54.6 Å². The standard InChI is InChI=1S/C20H26Cl2N4O3S/c1-3-5-10-25(17-18(23)26(9-4-2)20(29)24-19(17)28)16(27)12-30-11-13-14(21)7-6-8-15(13)22/h6-8H,3-5,9-12,23H2,1-2H3,(H,24,28,29). The Morgan fingerprint density at radius 3 is 2.47 bits per heavy atom. The van der Waals surface area contributed by atoms with Crippen LogP contribution in [0.25, 0.3) is 0 Å². The van der Waals surface area contributed by atoms with Crippen LogP contribution in [0.1, 0.15) is 38.7 Å². The summed E-state index contributed by atoms with van der Waals surface area (Å²) in [5.41, 5.74) is 5.70. The number of halogens is 2. The molecule has 0 saturated heterocycles. The maximum Gasteiger partial charge on any atom is 0.330 e. The van der Waals surface area contributed by atoms with E-state index in [0.29, 0.717) is 41.7 Å². The topological polar surface area (TPSA) is 101 Å². The lowest BCUT2D eigenvalue weighted by atomic mass is 10.2. The number of hydrogen-bond acceptors (Lipinski definition) is 5. The number of carbonyl (C=O) groups is 1. The van der Waals surface area contributed by atoms with Crippen molar-refractivity contribution >= 4 is 52.4 Å². The maximum absolute atomic E-state index is 13.0. The van der Waals surface area contributed by atoms with Crippen LogP contribution in [0.4, 0.5) is 11.5 Å². The van der Waals surface area contributed by atoms with Crippen molar-refractivity contribution in [2.45, 2.75) is 45.4 Å². The third kappa shape index (κ3) is 5.83. The molecular weight excluding hydrogens is 447 g/mol. The Bertz CT molecular complexity index is 986. The van der Waals surface area contributed by atoms with Gasteiger partial charge in [0.05, 0.1) is 5.75 Å². The van der Waals surface area contributed by atoms with Crippen LogP contribution in [0.5, 0.6) is 0 Å². The molecule has 0 saturated carbocycles. The molecule has 30 heavy (non-hydrogen) atoms. The number of hydrogen-bond donors (Lipinski definition) is 2. The second-order valence-corrected chi connectivity index (χ2v) is 8.54. The van der Waals surface area contributed by atoms with E-state index in [0.717, 1.165) is 12.0 Å². The highest BCUT2D eigenvalue weighted by Crippen LogP contribution is 2.28. The molecule has 1 aromatic heterocycles. The van der Waals surface area contributed by atoms with Gasteiger partial charge in [-0.25, -0.2) is 4.79 Å². The second kappa shape index (κ2) is 11.5. The summed E-state index contributed by atoms with van der Waals surface area (Å²) >= 11 is 13.7. The number of amides is 1. The Hall–Kier alpha value is -1.90. The molecule has 0 spiro atoms. The van der Waals surface area contributed by atoms with Gasteiger partial charge in [0.1, 0.15) is 5.82 Å². The summed E-state index contributed by atoms with van der Waals surface area (Å²) in [7, 11) is 0. The highest BCUT2D eigenvalue weighted by atomic mass is 35.5. The average Bonchev–Trinajstić information content (AvgIpc) is 2.69. The zero-order chi connectivity index (χ0) is 22.3. The van der Waals surface area contributed by atoms with Crippen LogP contribution in [0, 0.1) is 0 Å². The number of aromatic amines is 1. The van der Waals surface area contributed by atoms with Crippen molar-refractivity contribution in [1.29, 1.82) is 0 Å². The summed E-state index contributed by atoms with van der Waals surface area (Å²) in [5.74, 6) is 0.300. The van der Waals surface area contributed by atoms with E-state index in [1.807, 2.05) is 13.8 Å². The molecule has 0 aliphatic heterocycles. The fourth-order valence-corrected chi connectivity index (χ4v) is 4.59. The molecular formula is C20H26Cl2N4O3S. The van der Waals surface area contributed by atoms with Crippen molar-refractivity contribution in [2.24, 2.45) is 0 Å². The first-order chi connectivity index (χ1) is 14.3. The number of unbranched alkanes of at least 4 members (excludes halogenated alkanes) is 1. The van der Waals surface area contributed by atoms with Crippen molar-refractivity contribution in [3.8, 4) is 0 Å². The molecule has 1 heterocycles. The minimum atomic E-state index is -0.659. The molecule has 0 aliphatic carbocycles. The van der Waals surface area contributed by atoms with Crippen LogP contribution in [-0.2, 0) is 17.1 Å². The van der Waals surface area contributed by atoms with Crippen LogP contribution in [-0.4, -0.2) is 27.8 Å². The highest BCUT2D eigenvalue weighted by Gasteiger charge is 2.23. The van der Waals surface area contributed by atoms with Gasteiger partial charge in [-0.15, -0.1) is 11.8 Å². The van der Waals surface area contributed by atoms with Crippen LogP contribution in [0.15, 0.2) is 27.8 Å². The maximum atomic E-state index is 13.0. The highest BCUT2D eigenvalue weighted by molar-refractivity contribution is 7.99. The predicted molar refractivity (Wildman–Crippen MR) is 126 cm³/mol. The van der Waals surface area contributed by atoms with Crippen LogP contribution in [0.2, 0.25) is 10.0 Å². The first-order valence-electron chi connectivity index (χ1n) is 9.75. The minimum absolute atomic E-state index is 0.00852. The van der Waals surface area contributed by atoms with Crippen molar-refractivity contribution in [3.63, 3.8) is 0 Å². The number of thioether (sulfide) groups is 1. The number of nitrogens with zero attached hydrogens (tertiary/aromatic N) is 2. The molecule has 1 aromatic carbocycles. The largest absolute Gasteiger partial charge is 0.383 e. The number of anilines is 2. The zero-order valence-electron chi connectivity index (χ0n) is 17.0. The Labute approximate surface area is 189 Å². The van der Waals surface area contributed by atoms with Gasteiger partial charge >= 0.3 is 5.69 Å². The second-order valence-electron chi connectivity index (χ2n) is 6.74. The Morgan fingerprint density at radius 2 is 1.87 bits per heavy atom. The number of rotatable bonds is 10. The predicted octanol–water partition coefficient (Wildman–Crippen LogP) is 3.90. The molecule has 164 valence electrons. The van der Waals surface area contributed by atoms with Crippen LogP contribution < -0.4 is 21.9 Å².